The van der Waals surface area contributed by atoms with Gasteiger partial charge in [0.25, 0.3) is 0 Å². The van der Waals surface area contributed by atoms with Gasteiger partial charge in [-0.3, -0.25) is 4.57 Å². The summed E-state index contributed by atoms with van der Waals surface area (Å²) in [6.45, 7) is 9.77. The van der Waals surface area contributed by atoms with Gasteiger partial charge < -0.3 is 24.0 Å². The van der Waals surface area contributed by atoms with Gasteiger partial charge in [-0.15, -0.1) is 0 Å². The molecule has 0 atom stereocenters. The van der Waals surface area contributed by atoms with Crippen LogP contribution in [0.15, 0.2) is 97.6 Å². The molecule has 4 aromatic carbocycles. The van der Waals surface area contributed by atoms with Crippen molar-refractivity contribution in [1.82, 2.24) is 14.1 Å². The van der Waals surface area contributed by atoms with Crippen LogP contribution in [-0.4, -0.2) is 35.2 Å². The van der Waals surface area contributed by atoms with Crippen LogP contribution in [0, 0.1) is 0 Å². The Balaban J connectivity index is 0.000000149. The predicted octanol–water partition coefficient (Wildman–Crippen LogP) is 1.81. The van der Waals surface area contributed by atoms with E-state index in [9.17, 15) is 0 Å². The van der Waals surface area contributed by atoms with Crippen LogP contribution >= 0.6 is 22.6 Å². The monoisotopic (exact) mass is 784 g/mol. The number of nitrogens with zero attached hydrogens (tertiary/aromatic N) is 4. The van der Waals surface area contributed by atoms with E-state index >= 15 is 0 Å². The van der Waals surface area contributed by atoms with Gasteiger partial charge in [-0.2, -0.15) is 4.57 Å². The van der Waals surface area contributed by atoms with Crippen molar-refractivity contribution in [3.63, 3.8) is 0 Å². The van der Waals surface area contributed by atoms with E-state index in [0.717, 1.165) is 5.52 Å². The molecule has 204 valence electrons. The van der Waals surface area contributed by atoms with E-state index in [0.29, 0.717) is 0 Å². The summed E-state index contributed by atoms with van der Waals surface area (Å²) < 4.78 is 6.84. The summed E-state index contributed by atoms with van der Waals surface area (Å²) in [5, 5.41) is 6.08. The van der Waals surface area contributed by atoms with Crippen molar-refractivity contribution in [2.24, 2.45) is 7.05 Å². The molecule has 0 spiro atoms. The van der Waals surface area contributed by atoms with Gasteiger partial charge in [0.05, 0.1) is 18.1 Å². The fourth-order valence-corrected chi connectivity index (χ4v) is 12.5. The van der Waals surface area contributed by atoms with E-state index in [1.807, 2.05) is 11.3 Å². The molecule has 0 unspecified atom stereocenters. The maximum absolute atomic E-state index is 4.54. The van der Waals surface area contributed by atoms with E-state index in [1.165, 1.54) is 43.5 Å². The van der Waals surface area contributed by atoms with Gasteiger partial charge in [-0.05, 0) is 49.9 Å². The minimum atomic E-state index is -1.59. The number of halogens is 2. The van der Waals surface area contributed by atoms with Crippen molar-refractivity contribution in [2.75, 3.05) is 4.93 Å². The quantitative estimate of drug-likeness (QED) is 0.100. The molecular formula is C32H34I2N4Si2. The summed E-state index contributed by atoms with van der Waals surface area (Å²) in [6, 6.07) is 30.9. The number of aromatic nitrogens is 4. The molecule has 0 saturated heterocycles. The lowest BCUT2D eigenvalue weighted by Gasteiger charge is -2.32. The summed E-state index contributed by atoms with van der Waals surface area (Å²) in [5.41, 5.74) is 7.84. The van der Waals surface area contributed by atoms with E-state index in [4.69, 9.17) is 0 Å². The van der Waals surface area contributed by atoms with Crippen molar-refractivity contribution >= 4 is 81.6 Å². The summed E-state index contributed by atoms with van der Waals surface area (Å²) in [6.07, 6.45) is 4.16. The number of benzene rings is 4. The molecule has 8 heteroatoms. The van der Waals surface area contributed by atoms with Crippen LogP contribution in [0.3, 0.4) is 0 Å². The number of hydrogen-bond donors (Lipinski definition) is 0. The minimum Gasteiger partial charge on any atom is -1.00 e. The molecule has 0 N–H and O–H groups in total. The minimum absolute atomic E-state index is 0. The number of alkyl halides is 1. The maximum Gasteiger partial charge on any atom is 0.249 e. The Morgan fingerprint density at radius 1 is 0.625 bits per heavy atom. The molecule has 2 aliphatic rings. The molecule has 40 heavy (non-hydrogen) atoms. The Kier molecular flexibility index (Phi) is 7.92. The van der Waals surface area contributed by atoms with Crippen LogP contribution in [0.4, 0.5) is 0 Å². The summed E-state index contributed by atoms with van der Waals surface area (Å²) in [7, 11) is -1.04. The molecule has 0 saturated carbocycles. The van der Waals surface area contributed by atoms with E-state index in [2.05, 4.69) is 166 Å². The Morgan fingerprint density at radius 2 is 1.12 bits per heavy atom. The molecule has 0 amide bonds. The van der Waals surface area contributed by atoms with Crippen LogP contribution in [-0.2, 0) is 7.05 Å². The average Bonchev–Trinajstić information content (AvgIpc) is 3.55. The Hall–Kier alpha value is -2.29. The van der Waals surface area contributed by atoms with Gasteiger partial charge >= 0.3 is 0 Å². The first-order valence-electron chi connectivity index (χ1n) is 13.3. The normalized spacial score (nSPS) is 14.6. The largest absolute Gasteiger partial charge is 1.00 e. The molecule has 0 radical (unpaired) electrons. The molecule has 6 aromatic rings. The van der Waals surface area contributed by atoms with Gasteiger partial charge in [-0.25, -0.2) is 9.55 Å². The number of imidazole rings is 2. The number of para-hydroxylation sites is 4. The van der Waals surface area contributed by atoms with Gasteiger partial charge in [0, 0.05) is 5.69 Å². The third-order valence-corrected chi connectivity index (χ3v) is 15.6. The molecule has 4 nitrogen and oxygen atoms in total. The fraction of sp³-hybridized carbons (Fsp3) is 0.188. The summed E-state index contributed by atoms with van der Waals surface area (Å²) in [5.74, 6) is 0. The van der Waals surface area contributed by atoms with Crippen molar-refractivity contribution < 1.29 is 28.5 Å². The second-order valence-corrected chi connectivity index (χ2v) is 20.0. The van der Waals surface area contributed by atoms with E-state index < -0.39 is 16.1 Å². The van der Waals surface area contributed by atoms with E-state index in [-0.39, 0.29) is 24.0 Å². The van der Waals surface area contributed by atoms with Gasteiger partial charge in [0.1, 0.15) is 28.2 Å². The lowest BCUT2D eigenvalue weighted by atomic mass is 10.2. The summed E-state index contributed by atoms with van der Waals surface area (Å²) in [4.78, 5) is 6.51. The van der Waals surface area contributed by atoms with Crippen LogP contribution in [0.1, 0.15) is 0 Å². The Morgan fingerprint density at radius 3 is 1.75 bits per heavy atom. The zero-order valence-corrected chi connectivity index (χ0v) is 30.1. The van der Waals surface area contributed by atoms with Gasteiger partial charge in [0.15, 0.2) is 11.0 Å². The Labute approximate surface area is 269 Å². The van der Waals surface area contributed by atoms with Crippen LogP contribution in [0.25, 0.3) is 33.4 Å². The highest BCUT2D eigenvalue weighted by molar-refractivity contribution is 14.1. The zero-order chi connectivity index (χ0) is 27.5. The second kappa shape index (κ2) is 10.8. The molecule has 0 aliphatic carbocycles. The highest BCUT2D eigenvalue weighted by Gasteiger charge is 2.39. The lowest BCUT2D eigenvalue weighted by Crippen LogP contribution is -3.00. The molecule has 4 heterocycles. The third-order valence-electron chi connectivity index (χ3n) is 8.51. The second-order valence-electron chi connectivity index (χ2n) is 11.3. The molecule has 0 bridgehead atoms. The van der Waals surface area contributed by atoms with Crippen molar-refractivity contribution in [2.45, 2.75) is 26.2 Å². The standard InChI is InChI=1S/C16H17N2Si.C15H14N2Si.CH3I.HI/c1-17-11-18-12-7-4-5-9-14(12)19(2,3)15-10-6-8-13(17)16(15)18;1-18(2)13-8-4-3-7-12(13)17-10-16-11-6-5-9-14(18)15(11)17;1-2;/h4-11H,1-3H3;3-10H,1-2H3;1H3;1H/q+1;;;/p-1. The number of fused-ring (bicyclic) bond motifs is 4. The van der Waals surface area contributed by atoms with Crippen LogP contribution in [0.5, 0.6) is 0 Å². The molecule has 8 rings (SSSR count). The number of aryl methyl sites for hydroxylation is 1. The highest BCUT2D eigenvalue weighted by Crippen LogP contribution is 2.25. The summed E-state index contributed by atoms with van der Waals surface area (Å²) >= 11 is 2.15. The Bertz CT molecular complexity index is 1870. The molecule has 2 aromatic heterocycles. The van der Waals surface area contributed by atoms with Gasteiger partial charge in [0.2, 0.25) is 6.33 Å². The van der Waals surface area contributed by atoms with E-state index in [1.54, 1.807) is 5.19 Å². The average molecular weight is 785 g/mol. The molecular weight excluding hydrogens is 750 g/mol. The first-order valence-corrected chi connectivity index (χ1v) is 21.5. The van der Waals surface area contributed by atoms with Crippen molar-refractivity contribution in [1.29, 1.82) is 0 Å². The van der Waals surface area contributed by atoms with Crippen LogP contribution < -0.4 is 49.3 Å². The predicted molar refractivity (Wildman–Crippen MR) is 179 cm³/mol. The topological polar surface area (TPSA) is 26.6 Å². The van der Waals surface area contributed by atoms with Crippen LogP contribution in [0.2, 0.25) is 26.2 Å². The number of hydrogen-bond acceptors (Lipinski definition) is 1. The first-order chi connectivity index (χ1) is 18.8. The first kappa shape index (κ1) is 29.2. The number of rotatable bonds is 0. The smallest absolute Gasteiger partial charge is 0.249 e. The maximum atomic E-state index is 4.54. The fourth-order valence-electron chi connectivity index (χ4n) is 6.52. The third kappa shape index (κ3) is 4.24. The van der Waals surface area contributed by atoms with Crippen molar-refractivity contribution in [3.8, 4) is 11.4 Å². The lowest BCUT2D eigenvalue weighted by molar-refractivity contribution is -0.645. The SMILES string of the molecule is CI.C[Si]1(C)c2ccccc2-n2cnc3cccc1c32.C[n+]1cn2c3c(cccc31)[Si](C)(C)c1ccccc1-2.[I-]. The molecule has 2 aliphatic heterocycles. The highest BCUT2D eigenvalue weighted by atomic mass is 127. The van der Waals surface area contributed by atoms with Gasteiger partial charge in [-0.1, -0.05) is 109 Å². The van der Waals surface area contributed by atoms with Crippen molar-refractivity contribution in [3.05, 3.63) is 97.6 Å². The zero-order valence-electron chi connectivity index (χ0n) is 23.8. The molecule has 0 fully saturated rings.